The highest BCUT2D eigenvalue weighted by molar-refractivity contribution is 6.24. The monoisotopic (exact) mass is 776 g/mol. The summed E-state index contributed by atoms with van der Waals surface area (Å²) in [6.45, 7) is 5.34. The maximum absolute atomic E-state index is 16.1. The SMILES string of the molecule is C=CCNC(=O)C1C2C(=O)OC(c3ccccc3)C(c3ccccc3)N2C(c2ccccc2OCCO)C12C(=O)N(C(=O)NC(C)c1ccccc1)c1ccccc12. The average molecular weight is 777 g/mol. The first-order chi connectivity index (χ1) is 28.3. The molecule has 0 radical (unpaired) electrons. The first-order valence-corrected chi connectivity index (χ1v) is 19.4. The van der Waals surface area contributed by atoms with Crippen molar-refractivity contribution in [3.63, 3.8) is 0 Å². The number of aliphatic hydroxyl groups is 1. The molecule has 1 spiro atoms. The maximum Gasteiger partial charge on any atom is 0.329 e. The number of fused-ring (bicyclic) bond motifs is 3. The lowest BCUT2D eigenvalue weighted by Gasteiger charge is -2.46. The molecule has 294 valence electrons. The second-order valence-electron chi connectivity index (χ2n) is 14.6. The number of rotatable bonds is 11. The summed E-state index contributed by atoms with van der Waals surface area (Å²) < 4.78 is 12.7. The molecule has 3 heterocycles. The molecular formula is C47H44N4O7. The van der Waals surface area contributed by atoms with Gasteiger partial charge in [-0.15, -0.1) is 6.58 Å². The van der Waals surface area contributed by atoms with Crippen LogP contribution in [0.5, 0.6) is 5.75 Å². The molecule has 2 saturated heterocycles. The molecule has 11 heteroatoms. The molecule has 7 unspecified atom stereocenters. The van der Waals surface area contributed by atoms with Gasteiger partial charge in [0, 0.05) is 12.1 Å². The van der Waals surface area contributed by atoms with E-state index >= 15 is 14.4 Å². The third-order valence-electron chi connectivity index (χ3n) is 11.5. The maximum atomic E-state index is 16.1. The third kappa shape index (κ3) is 6.32. The zero-order valence-electron chi connectivity index (χ0n) is 31.9. The third-order valence-corrected chi connectivity index (χ3v) is 11.5. The lowest BCUT2D eigenvalue weighted by molar-refractivity contribution is -0.178. The van der Waals surface area contributed by atoms with Gasteiger partial charge in [-0.05, 0) is 41.3 Å². The molecule has 3 N–H and O–H groups in total. The van der Waals surface area contributed by atoms with Crippen molar-refractivity contribution in [3.8, 4) is 5.75 Å². The number of amides is 4. The number of para-hydroxylation sites is 2. The number of hydrogen-bond acceptors (Lipinski definition) is 8. The molecular weight excluding hydrogens is 733 g/mol. The fourth-order valence-electron chi connectivity index (χ4n) is 9.19. The Kier molecular flexibility index (Phi) is 10.7. The van der Waals surface area contributed by atoms with Gasteiger partial charge < -0.3 is 25.2 Å². The Morgan fingerprint density at radius 3 is 2.16 bits per heavy atom. The van der Waals surface area contributed by atoms with Gasteiger partial charge in [0.25, 0.3) is 0 Å². The highest BCUT2D eigenvalue weighted by Gasteiger charge is 2.75. The Bertz CT molecular complexity index is 2320. The number of nitrogens with zero attached hydrogens (tertiary/aromatic N) is 2. The summed E-state index contributed by atoms with van der Waals surface area (Å²) in [7, 11) is 0. The van der Waals surface area contributed by atoms with Crippen LogP contribution in [0.2, 0.25) is 0 Å². The lowest BCUT2D eigenvalue weighted by atomic mass is 9.65. The van der Waals surface area contributed by atoms with Crippen LogP contribution in [0.25, 0.3) is 0 Å². The number of aliphatic hydroxyl groups excluding tert-OH is 1. The van der Waals surface area contributed by atoms with Crippen LogP contribution in [0.15, 0.2) is 152 Å². The van der Waals surface area contributed by atoms with E-state index in [4.69, 9.17) is 9.47 Å². The molecule has 58 heavy (non-hydrogen) atoms. The Hall–Kier alpha value is -6.56. The van der Waals surface area contributed by atoms with Crippen molar-refractivity contribution >= 4 is 29.5 Å². The van der Waals surface area contributed by atoms with Crippen molar-refractivity contribution in [3.05, 3.63) is 180 Å². The van der Waals surface area contributed by atoms with Gasteiger partial charge in [-0.25, -0.2) is 9.69 Å². The van der Waals surface area contributed by atoms with Crippen LogP contribution in [0.1, 0.15) is 59.0 Å². The van der Waals surface area contributed by atoms with Gasteiger partial charge in [0.05, 0.1) is 36.3 Å². The molecule has 2 fully saturated rings. The minimum Gasteiger partial charge on any atom is -0.491 e. The van der Waals surface area contributed by atoms with E-state index in [0.29, 0.717) is 16.9 Å². The molecule has 11 nitrogen and oxygen atoms in total. The number of imide groups is 1. The van der Waals surface area contributed by atoms with Gasteiger partial charge in [0.15, 0.2) is 0 Å². The second kappa shape index (κ2) is 16.1. The van der Waals surface area contributed by atoms with Crippen LogP contribution in [0, 0.1) is 5.92 Å². The first kappa shape index (κ1) is 38.3. The van der Waals surface area contributed by atoms with E-state index in [2.05, 4.69) is 17.2 Å². The first-order valence-electron chi connectivity index (χ1n) is 19.4. The molecule has 8 rings (SSSR count). The van der Waals surface area contributed by atoms with E-state index in [0.717, 1.165) is 21.6 Å². The normalized spacial score (nSPS) is 24.0. The van der Waals surface area contributed by atoms with Crippen LogP contribution >= 0.6 is 0 Å². The van der Waals surface area contributed by atoms with E-state index in [1.54, 1.807) is 42.5 Å². The number of morpholine rings is 1. The minimum atomic E-state index is -1.91. The van der Waals surface area contributed by atoms with Crippen LogP contribution < -0.4 is 20.3 Å². The van der Waals surface area contributed by atoms with Crippen molar-refractivity contribution < 1.29 is 33.8 Å². The summed E-state index contributed by atoms with van der Waals surface area (Å²) in [5, 5.41) is 15.9. The number of carbonyl (C=O) groups is 4. The molecule has 5 aromatic carbocycles. The zero-order valence-corrected chi connectivity index (χ0v) is 31.9. The molecule has 0 aliphatic carbocycles. The molecule has 0 saturated carbocycles. The van der Waals surface area contributed by atoms with Crippen molar-refractivity contribution in [1.82, 2.24) is 15.5 Å². The summed E-state index contributed by atoms with van der Waals surface area (Å²) in [4.78, 5) is 63.9. The van der Waals surface area contributed by atoms with Crippen molar-refractivity contribution in [2.45, 2.75) is 42.6 Å². The highest BCUT2D eigenvalue weighted by atomic mass is 16.6. The largest absolute Gasteiger partial charge is 0.491 e. The van der Waals surface area contributed by atoms with E-state index in [1.165, 1.54) is 6.08 Å². The molecule has 3 aliphatic heterocycles. The smallest absolute Gasteiger partial charge is 0.329 e. The quantitative estimate of drug-likeness (QED) is 0.102. The summed E-state index contributed by atoms with van der Waals surface area (Å²) in [5.74, 6) is -3.04. The highest BCUT2D eigenvalue weighted by Crippen LogP contribution is 2.66. The molecule has 5 aromatic rings. The molecule has 7 atom stereocenters. The van der Waals surface area contributed by atoms with E-state index in [-0.39, 0.29) is 25.4 Å². The van der Waals surface area contributed by atoms with Crippen molar-refractivity contribution in [1.29, 1.82) is 0 Å². The Morgan fingerprint density at radius 1 is 0.845 bits per heavy atom. The van der Waals surface area contributed by atoms with Gasteiger partial charge in [0.2, 0.25) is 11.8 Å². The number of benzene rings is 5. The van der Waals surface area contributed by atoms with E-state index in [1.807, 2.05) is 109 Å². The van der Waals surface area contributed by atoms with Crippen LogP contribution in [-0.4, -0.2) is 59.6 Å². The van der Waals surface area contributed by atoms with Gasteiger partial charge in [-0.3, -0.25) is 19.3 Å². The number of urea groups is 1. The molecule has 4 amide bonds. The van der Waals surface area contributed by atoms with Crippen molar-refractivity contribution in [2.24, 2.45) is 5.92 Å². The predicted octanol–water partition coefficient (Wildman–Crippen LogP) is 6.50. The molecule has 0 aromatic heterocycles. The Labute approximate surface area is 336 Å². The van der Waals surface area contributed by atoms with E-state index < -0.39 is 65.4 Å². The number of ether oxygens (including phenoxy) is 2. The zero-order chi connectivity index (χ0) is 40.4. The second-order valence-corrected chi connectivity index (χ2v) is 14.6. The summed E-state index contributed by atoms with van der Waals surface area (Å²) in [5.41, 5.74) is 1.59. The van der Waals surface area contributed by atoms with Gasteiger partial charge in [-0.2, -0.15) is 0 Å². The van der Waals surface area contributed by atoms with Gasteiger partial charge in [-0.1, -0.05) is 133 Å². The summed E-state index contributed by atoms with van der Waals surface area (Å²) in [6.07, 6.45) is 0.657. The number of esters is 1. The number of carbonyl (C=O) groups excluding carboxylic acids is 4. The van der Waals surface area contributed by atoms with E-state index in [9.17, 15) is 9.90 Å². The Balaban J connectivity index is 1.42. The average Bonchev–Trinajstić information content (AvgIpc) is 3.72. The molecule has 0 bridgehead atoms. The number of anilines is 1. The number of hydrogen-bond donors (Lipinski definition) is 3. The topological polar surface area (TPSA) is 138 Å². The summed E-state index contributed by atoms with van der Waals surface area (Å²) in [6, 6.07) is 38.1. The van der Waals surface area contributed by atoms with Crippen LogP contribution in [0.3, 0.4) is 0 Å². The number of cyclic esters (lactones) is 1. The fraction of sp³-hybridized carbons (Fsp3) is 0.234. The minimum absolute atomic E-state index is 0.0530. The van der Waals surface area contributed by atoms with Gasteiger partial charge >= 0.3 is 12.0 Å². The van der Waals surface area contributed by atoms with Crippen LogP contribution in [0.4, 0.5) is 10.5 Å². The standard InChI is InChI=1S/C47H44N4O7/c1-3-27-48-43(53)38-40-44(54)58-41(33-21-11-6-12-22-33)39(32-19-9-5-10-20-32)51(40)42(34-23-13-16-26-37(34)57-29-28-52)47(38)35-24-14-15-25-36(35)50(45(47)55)46(56)49-30(2)31-17-7-4-8-18-31/h3-26,30,38-42,52H,1,27-29H2,2H3,(H,48,53)(H,49,56). The predicted molar refractivity (Wildman–Crippen MR) is 218 cm³/mol. The lowest BCUT2D eigenvalue weighted by Crippen LogP contribution is -2.56. The van der Waals surface area contributed by atoms with Crippen LogP contribution in [-0.2, 0) is 24.5 Å². The number of nitrogens with one attached hydrogen (secondary N) is 2. The van der Waals surface area contributed by atoms with Gasteiger partial charge in [0.1, 0.15) is 29.9 Å². The molecule has 3 aliphatic rings. The fourth-order valence-corrected chi connectivity index (χ4v) is 9.19. The summed E-state index contributed by atoms with van der Waals surface area (Å²) >= 11 is 0. The Morgan fingerprint density at radius 2 is 1.47 bits per heavy atom. The van der Waals surface area contributed by atoms with Crippen molar-refractivity contribution in [2.75, 3.05) is 24.7 Å².